The molecule has 0 aromatic rings. The highest BCUT2D eigenvalue weighted by atomic mass is 79.9. The molecule has 0 aliphatic carbocycles. The first-order valence-corrected chi connectivity index (χ1v) is 10.4. The van der Waals surface area contributed by atoms with E-state index in [1.807, 2.05) is 0 Å². The quantitative estimate of drug-likeness (QED) is 0.563. The van der Waals surface area contributed by atoms with Crippen LogP contribution in [0.1, 0.15) is 25.7 Å². The minimum Gasteiger partial charge on any atom is -0.353 e. The molecule has 0 radical (unpaired) electrons. The summed E-state index contributed by atoms with van der Waals surface area (Å²) >= 11 is 3.66. The predicted molar refractivity (Wildman–Crippen MR) is 74.5 cm³/mol. The van der Waals surface area contributed by atoms with Gasteiger partial charge in [0.15, 0.2) is 6.29 Å². The highest BCUT2D eigenvalue weighted by Gasteiger charge is 2.17. The minimum atomic E-state index is -1.16. The molecule has 0 aromatic heterocycles. The van der Waals surface area contributed by atoms with Gasteiger partial charge in [0.25, 0.3) is 0 Å². The highest BCUT2D eigenvalue weighted by molar-refractivity contribution is 9.12. The van der Waals surface area contributed by atoms with Crippen LogP contribution in [0.4, 0.5) is 0 Å². The van der Waals surface area contributed by atoms with Crippen molar-refractivity contribution in [1.82, 2.24) is 0 Å². The zero-order valence-corrected chi connectivity index (χ0v) is 13.2. The molecular weight excluding hydrogens is 284 g/mol. The van der Waals surface area contributed by atoms with Gasteiger partial charge in [0, 0.05) is 6.61 Å². The van der Waals surface area contributed by atoms with Gasteiger partial charge in [-0.3, -0.25) is 0 Å². The summed E-state index contributed by atoms with van der Waals surface area (Å²) in [5.74, 6) is 0. The molecule has 16 heavy (non-hydrogen) atoms. The van der Waals surface area contributed by atoms with Gasteiger partial charge in [-0.15, -0.1) is 0 Å². The third kappa shape index (κ3) is 5.62. The number of hydrogen-bond acceptors (Lipinski definition) is 2. The third-order valence-electron chi connectivity index (χ3n) is 2.60. The Morgan fingerprint density at radius 1 is 1.44 bits per heavy atom. The van der Waals surface area contributed by atoms with Crippen LogP contribution in [-0.2, 0) is 9.47 Å². The van der Waals surface area contributed by atoms with Gasteiger partial charge in [-0.05, 0) is 29.8 Å². The monoisotopic (exact) mass is 306 g/mol. The SMILES string of the molecule is C[Si](C)(C)/C(Br)=C\CCO[C@@H]1CCCCO1. The molecule has 1 atom stereocenters. The first kappa shape index (κ1) is 14.4. The standard InChI is InChI=1S/C12H23BrO2Si/c1-16(2,3)11(13)7-6-10-15-12-8-4-5-9-14-12/h7,12H,4-6,8-10H2,1-3H3/b11-7-/t12-/m1/s1. The summed E-state index contributed by atoms with van der Waals surface area (Å²) in [6.45, 7) is 8.62. The Balaban J connectivity index is 2.15. The maximum absolute atomic E-state index is 5.67. The van der Waals surface area contributed by atoms with Crippen LogP contribution in [0.15, 0.2) is 10.2 Å². The summed E-state index contributed by atoms with van der Waals surface area (Å²) in [5, 5.41) is 0. The molecule has 0 aromatic carbocycles. The Kier molecular flexibility index (Phi) is 6.25. The van der Waals surface area contributed by atoms with Crippen LogP contribution < -0.4 is 0 Å². The molecule has 1 aliphatic heterocycles. The Hall–Kier alpha value is 0.357. The number of ether oxygens (including phenoxy) is 2. The van der Waals surface area contributed by atoms with E-state index in [1.54, 1.807) is 0 Å². The molecule has 2 nitrogen and oxygen atoms in total. The molecule has 1 rings (SSSR count). The van der Waals surface area contributed by atoms with E-state index in [1.165, 1.54) is 16.9 Å². The van der Waals surface area contributed by atoms with E-state index in [0.717, 1.165) is 26.1 Å². The molecule has 0 bridgehead atoms. The fourth-order valence-electron chi connectivity index (χ4n) is 1.53. The smallest absolute Gasteiger partial charge is 0.157 e. The zero-order chi connectivity index (χ0) is 12.0. The lowest BCUT2D eigenvalue weighted by Gasteiger charge is -2.22. The van der Waals surface area contributed by atoms with Gasteiger partial charge in [0.2, 0.25) is 0 Å². The van der Waals surface area contributed by atoms with Crippen molar-refractivity contribution in [3.63, 3.8) is 0 Å². The molecule has 4 heteroatoms. The summed E-state index contributed by atoms with van der Waals surface area (Å²) < 4.78 is 12.6. The van der Waals surface area contributed by atoms with E-state index in [2.05, 4.69) is 41.6 Å². The van der Waals surface area contributed by atoms with Gasteiger partial charge in [-0.1, -0.05) is 41.6 Å². The normalized spacial score (nSPS) is 23.5. The second-order valence-corrected chi connectivity index (χ2v) is 11.9. The zero-order valence-electron chi connectivity index (χ0n) is 10.6. The largest absolute Gasteiger partial charge is 0.353 e. The van der Waals surface area contributed by atoms with Gasteiger partial charge < -0.3 is 9.47 Å². The molecule has 1 heterocycles. The van der Waals surface area contributed by atoms with E-state index in [4.69, 9.17) is 9.47 Å². The summed E-state index contributed by atoms with van der Waals surface area (Å²) in [4.78, 5) is 0. The first-order chi connectivity index (χ1) is 7.50. The Morgan fingerprint density at radius 3 is 2.75 bits per heavy atom. The molecule has 0 unspecified atom stereocenters. The van der Waals surface area contributed by atoms with E-state index in [-0.39, 0.29) is 6.29 Å². The fourth-order valence-corrected chi connectivity index (χ4v) is 2.52. The van der Waals surface area contributed by atoms with Crippen molar-refractivity contribution in [2.75, 3.05) is 13.2 Å². The van der Waals surface area contributed by atoms with Gasteiger partial charge in [0.05, 0.1) is 14.7 Å². The average Bonchev–Trinajstić information content (AvgIpc) is 2.24. The van der Waals surface area contributed by atoms with Gasteiger partial charge in [0.1, 0.15) is 0 Å². The lowest BCUT2D eigenvalue weighted by molar-refractivity contribution is -0.161. The van der Waals surface area contributed by atoms with Crippen molar-refractivity contribution < 1.29 is 9.47 Å². The van der Waals surface area contributed by atoms with Gasteiger partial charge in [-0.2, -0.15) is 0 Å². The van der Waals surface area contributed by atoms with E-state index in [0.29, 0.717) is 0 Å². The molecular formula is C12H23BrO2Si. The number of hydrogen-bond donors (Lipinski definition) is 0. The van der Waals surface area contributed by atoms with E-state index < -0.39 is 8.07 Å². The van der Waals surface area contributed by atoms with Crippen molar-refractivity contribution in [2.24, 2.45) is 0 Å². The molecule has 0 saturated carbocycles. The molecule has 1 saturated heterocycles. The second kappa shape index (κ2) is 6.94. The number of rotatable bonds is 5. The van der Waals surface area contributed by atoms with Crippen LogP contribution in [0.2, 0.25) is 19.6 Å². The van der Waals surface area contributed by atoms with Gasteiger partial charge in [-0.25, -0.2) is 0 Å². The van der Waals surface area contributed by atoms with Crippen LogP contribution in [0, 0.1) is 0 Å². The molecule has 0 amide bonds. The Morgan fingerprint density at radius 2 is 2.19 bits per heavy atom. The average molecular weight is 307 g/mol. The minimum absolute atomic E-state index is 0.0489. The predicted octanol–water partition coefficient (Wildman–Crippen LogP) is 4.08. The van der Waals surface area contributed by atoms with E-state index >= 15 is 0 Å². The van der Waals surface area contributed by atoms with Crippen molar-refractivity contribution in [3.8, 4) is 0 Å². The van der Waals surface area contributed by atoms with Crippen LogP contribution >= 0.6 is 15.9 Å². The Labute approximate surface area is 109 Å². The Bertz CT molecular complexity index is 230. The number of halogens is 1. The summed E-state index contributed by atoms with van der Waals surface area (Å²) in [6.07, 6.45) is 6.76. The lowest BCUT2D eigenvalue weighted by atomic mass is 10.2. The van der Waals surface area contributed by atoms with Crippen LogP contribution in [0.3, 0.4) is 0 Å². The second-order valence-electron chi connectivity index (χ2n) is 5.26. The van der Waals surface area contributed by atoms with Crippen LogP contribution in [0.25, 0.3) is 0 Å². The maximum Gasteiger partial charge on any atom is 0.157 e. The lowest BCUT2D eigenvalue weighted by Crippen LogP contribution is -2.23. The molecule has 1 fully saturated rings. The first-order valence-electron chi connectivity index (χ1n) is 6.09. The van der Waals surface area contributed by atoms with Crippen molar-refractivity contribution in [2.45, 2.75) is 51.6 Å². The molecule has 0 N–H and O–H groups in total. The summed E-state index contributed by atoms with van der Waals surface area (Å²) in [5.41, 5.74) is 0. The fraction of sp³-hybridized carbons (Fsp3) is 0.833. The van der Waals surface area contributed by atoms with Crippen LogP contribution in [-0.4, -0.2) is 27.6 Å². The van der Waals surface area contributed by atoms with Crippen molar-refractivity contribution in [3.05, 3.63) is 10.2 Å². The molecule has 1 aliphatic rings. The van der Waals surface area contributed by atoms with Crippen molar-refractivity contribution >= 4 is 24.0 Å². The van der Waals surface area contributed by atoms with Crippen LogP contribution in [0.5, 0.6) is 0 Å². The third-order valence-corrected chi connectivity index (χ3v) is 8.13. The highest BCUT2D eigenvalue weighted by Crippen LogP contribution is 2.21. The summed E-state index contributed by atoms with van der Waals surface area (Å²) in [7, 11) is -1.16. The topological polar surface area (TPSA) is 18.5 Å². The van der Waals surface area contributed by atoms with E-state index in [9.17, 15) is 0 Å². The van der Waals surface area contributed by atoms with Gasteiger partial charge >= 0.3 is 0 Å². The van der Waals surface area contributed by atoms with Crippen molar-refractivity contribution in [1.29, 1.82) is 0 Å². The maximum atomic E-state index is 5.67. The summed E-state index contributed by atoms with van der Waals surface area (Å²) in [6, 6.07) is 0. The molecule has 0 spiro atoms. The molecule has 94 valence electrons.